The Morgan fingerprint density at radius 3 is 2.84 bits per heavy atom. The predicted molar refractivity (Wildman–Crippen MR) is 75.5 cm³/mol. The van der Waals surface area contributed by atoms with Crippen molar-refractivity contribution in [3.63, 3.8) is 0 Å². The number of piperazine rings is 1. The van der Waals surface area contributed by atoms with Gasteiger partial charge in [-0.05, 0) is 30.5 Å². The number of benzene rings is 1. The zero-order valence-corrected chi connectivity index (χ0v) is 11.5. The van der Waals surface area contributed by atoms with E-state index >= 15 is 0 Å². The van der Waals surface area contributed by atoms with Crippen LogP contribution in [0.5, 0.6) is 0 Å². The summed E-state index contributed by atoms with van der Waals surface area (Å²) in [7, 11) is 0. The summed E-state index contributed by atoms with van der Waals surface area (Å²) in [5, 5.41) is 3.75. The molecular formula is C16H23FN2. The van der Waals surface area contributed by atoms with E-state index in [1.165, 1.54) is 38.2 Å². The third-order valence-corrected chi connectivity index (χ3v) is 4.56. The fraction of sp³-hybridized carbons (Fsp3) is 0.625. The Morgan fingerprint density at radius 2 is 2.05 bits per heavy atom. The van der Waals surface area contributed by atoms with Crippen LogP contribution in [0.3, 0.4) is 0 Å². The van der Waals surface area contributed by atoms with Crippen LogP contribution in [0.15, 0.2) is 24.3 Å². The Kier molecular flexibility index (Phi) is 3.85. The van der Waals surface area contributed by atoms with Crippen LogP contribution in [0.4, 0.5) is 4.39 Å². The lowest BCUT2D eigenvalue weighted by atomic mass is 9.80. The monoisotopic (exact) mass is 262 g/mol. The summed E-state index contributed by atoms with van der Waals surface area (Å²) in [5.74, 6) is -0.125. The summed E-state index contributed by atoms with van der Waals surface area (Å²) >= 11 is 0. The summed E-state index contributed by atoms with van der Waals surface area (Å²) in [4.78, 5) is 2.48. The molecule has 2 nitrogen and oxygen atoms in total. The molecule has 1 heterocycles. The molecular weight excluding hydrogens is 239 g/mol. The average Bonchev–Trinajstić information content (AvgIpc) is 2.40. The van der Waals surface area contributed by atoms with Gasteiger partial charge in [-0.2, -0.15) is 0 Å². The third-order valence-electron chi connectivity index (χ3n) is 4.56. The Balaban J connectivity index is 1.65. The first-order valence-electron chi connectivity index (χ1n) is 7.48. The highest BCUT2D eigenvalue weighted by Crippen LogP contribution is 2.31. The summed E-state index contributed by atoms with van der Waals surface area (Å²) < 4.78 is 13.2. The molecule has 1 aliphatic carbocycles. The summed E-state index contributed by atoms with van der Waals surface area (Å²) in [6.07, 6.45) is 6.67. The molecule has 0 amide bonds. The van der Waals surface area contributed by atoms with E-state index in [2.05, 4.69) is 10.2 Å². The van der Waals surface area contributed by atoms with E-state index in [0.29, 0.717) is 5.54 Å². The number of nitrogens with zero attached hydrogens (tertiary/aromatic N) is 1. The van der Waals surface area contributed by atoms with Gasteiger partial charge in [-0.15, -0.1) is 0 Å². The molecule has 0 bridgehead atoms. The van der Waals surface area contributed by atoms with Crippen molar-refractivity contribution in [2.45, 2.75) is 44.2 Å². The first kappa shape index (κ1) is 13.1. The molecule has 1 spiro atoms. The van der Waals surface area contributed by atoms with Gasteiger partial charge in [0.2, 0.25) is 0 Å². The summed E-state index contributed by atoms with van der Waals surface area (Å²) in [6, 6.07) is 7.02. The zero-order chi connectivity index (χ0) is 13.1. The molecule has 0 aromatic heterocycles. The van der Waals surface area contributed by atoms with Gasteiger partial charge in [0.15, 0.2) is 0 Å². The van der Waals surface area contributed by atoms with Gasteiger partial charge >= 0.3 is 0 Å². The van der Waals surface area contributed by atoms with E-state index in [9.17, 15) is 4.39 Å². The van der Waals surface area contributed by atoms with Crippen molar-refractivity contribution < 1.29 is 4.39 Å². The maximum atomic E-state index is 13.2. The van der Waals surface area contributed by atoms with Crippen molar-refractivity contribution in [3.05, 3.63) is 35.6 Å². The molecule has 104 valence electrons. The van der Waals surface area contributed by atoms with Crippen LogP contribution in [-0.4, -0.2) is 30.1 Å². The molecule has 1 aliphatic heterocycles. The zero-order valence-electron chi connectivity index (χ0n) is 11.5. The lowest BCUT2D eigenvalue weighted by Gasteiger charge is -2.46. The average molecular weight is 262 g/mol. The molecule has 1 saturated heterocycles. The Hall–Kier alpha value is -0.930. The van der Waals surface area contributed by atoms with Crippen LogP contribution in [0.2, 0.25) is 0 Å². The largest absolute Gasteiger partial charge is 0.309 e. The van der Waals surface area contributed by atoms with E-state index in [1.54, 1.807) is 6.07 Å². The van der Waals surface area contributed by atoms with Gasteiger partial charge in [-0.1, -0.05) is 31.4 Å². The van der Waals surface area contributed by atoms with Gasteiger partial charge in [0.25, 0.3) is 0 Å². The molecule has 0 atom stereocenters. The van der Waals surface area contributed by atoms with E-state index < -0.39 is 0 Å². The van der Waals surface area contributed by atoms with Gasteiger partial charge in [0, 0.05) is 31.7 Å². The Bertz CT molecular complexity index is 421. The van der Waals surface area contributed by atoms with Gasteiger partial charge in [0.1, 0.15) is 5.82 Å². The molecule has 1 saturated carbocycles. The normalized spacial score (nSPS) is 23.6. The predicted octanol–water partition coefficient (Wildman–Crippen LogP) is 2.93. The van der Waals surface area contributed by atoms with Crippen molar-refractivity contribution in [3.8, 4) is 0 Å². The fourth-order valence-corrected chi connectivity index (χ4v) is 3.63. The standard InChI is InChI=1S/C16H23FN2/c17-15-6-4-5-14(11-15)12-19-10-9-18-16(13-19)7-2-1-3-8-16/h4-6,11,18H,1-3,7-10,12-13H2. The maximum Gasteiger partial charge on any atom is 0.123 e. The second-order valence-corrected chi connectivity index (χ2v) is 6.11. The number of halogens is 1. The lowest BCUT2D eigenvalue weighted by Crippen LogP contribution is -2.60. The van der Waals surface area contributed by atoms with Gasteiger partial charge in [-0.3, -0.25) is 4.90 Å². The number of hydrogen-bond acceptors (Lipinski definition) is 2. The highest BCUT2D eigenvalue weighted by Gasteiger charge is 2.35. The molecule has 3 heteroatoms. The molecule has 2 fully saturated rings. The number of rotatable bonds is 2. The second kappa shape index (κ2) is 5.59. The van der Waals surface area contributed by atoms with Crippen LogP contribution in [-0.2, 0) is 6.54 Å². The van der Waals surface area contributed by atoms with Gasteiger partial charge < -0.3 is 5.32 Å². The molecule has 1 aromatic carbocycles. The van der Waals surface area contributed by atoms with Crippen LogP contribution in [0.25, 0.3) is 0 Å². The molecule has 1 aromatic rings. The van der Waals surface area contributed by atoms with E-state index in [0.717, 1.165) is 31.7 Å². The third kappa shape index (κ3) is 3.15. The molecule has 0 unspecified atom stereocenters. The molecule has 0 radical (unpaired) electrons. The van der Waals surface area contributed by atoms with Crippen molar-refractivity contribution in [1.82, 2.24) is 10.2 Å². The highest BCUT2D eigenvalue weighted by atomic mass is 19.1. The Labute approximate surface area is 115 Å². The Morgan fingerprint density at radius 1 is 1.21 bits per heavy atom. The smallest absolute Gasteiger partial charge is 0.123 e. The molecule has 19 heavy (non-hydrogen) atoms. The van der Waals surface area contributed by atoms with Gasteiger partial charge in [-0.25, -0.2) is 4.39 Å². The van der Waals surface area contributed by atoms with Crippen molar-refractivity contribution in [2.75, 3.05) is 19.6 Å². The highest BCUT2D eigenvalue weighted by molar-refractivity contribution is 5.16. The molecule has 2 aliphatic rings. The summed E-state index contributed by atoms with van der Waals surface area (Å²) in [6.45, 7) is 4.12. The first-order valence-corrected chi connectivity index (χ1v) is 7.48. The number of hydrogen-bond donors (Lipinski definition) is 1. The van der Waals surface area contributed by atoms with Gasteiger partial charge in [0.05, 0.1) is 0 Å². The number of nitrogens with one attached hydrogen (secondary N) is 1. The van der Waals surface area contributed by atoms with Crippen LogP contribution < -0.4 is 5.32 Å². The first-order chi connectivity index (χ1) is 9.26. The van der Waals surface area contributed by atoms with E-state index in [-0.39, 0.29) is 5.82 Å². The van der Waals surface area contributed by atoms with Crippen molar-refractivity contribution >= 4 is 0 Å². The maximum absolute atomic E-state index is 13.2. The van der Waals surface area contributed by atoms with Crippen LogP contribution in [0.1, 0.15) is 37.7 Å². The topological polar surface area (TPSA) is 15.3 Å². The fourth-order valence-electron chi connectivity index (χ4n) is 3.63. The minimum absolute atomic E-state index is 0.125. The van der Waals surface area contributed by atoms with Crippen LogP contribution >= 0.6 is 0 Å². The summed E-state index contributed by atoms with van der Waals surface area (Å²) in [5.41, 5.74) is 1.43. The van der Waals surface area contributed by atoms with Crippen molar-refractivity contribution in [1.29, 1.82) is 0 Å². The minimum Gasteiger partial charge on any atom is -0.309 e. The molecule has 3 rings (SSSR count). The van der Waals surface area contributed by atoms with E-state index in [1.807, 2.05) is 12.1 Å². The SMILES string of the molecule is Fc1cccc(CN2CCNC3(CCCCC3)C2)c1. The lowest BCUT2D eigenvalue weighted by molar-refractivity contribution is 0.0944. The van der Waals surface area contributed by atoms with Crippen LogP contribution in [0, 0.1) is 5.82 Å². The second-order valence-electron chi connectivity index (χ2n) is 6.11. The van der Waals surface area contributed by atoms with Crippen molar-refractivity contribution in [2.24, 2.45) is 0 Å². The minimum atomic E-state index is -0.125. The molecule has 1 N–H and O–H groups in total. The van der Waals surface area contributed by atoms with E-state index in [4.69, 9.17) is 0 Å². The quantitative estimate of drug-likeness (QED) is 0.881.